The van der Waals surface area contributed by atoms with Gasteiger partial charge in [-0.05, 0) is 32.9 Å². The van der Waals surface area contributed by atoms with Crippen molar-refractivity contribution in [3.05, 3.63) is 11.8 Å². The van der Waals surface area contributed by atoms with Gasteiger partial charge in [-0.2, -0.15) is 13.2 Å². The fourth-order valence-electron chi connectivity index (χ4n) is 3.50. The molecule has 9 nitrogen and oxygen atoms in total. The lowest BCUT2D eigenvalue weighted by atomic mass is 9.97. The number of rotatable bonds is 4. The van der Waals surface area contributed by atoms with Crippen LogP contribution in [0.3, 0.4) is 0 Å². The lowest BCUT2D eigenvalue weighted by Gasteiger charge is -2.36. The van der Waals surface area contributed by atoms with Crippen LogP contribution in [0.5, 0.6) is 0 Å². The number of aromatic nitrogens is 2. The third-order valence-electron chi connectivity index (χ3n) is 5.14. The average Bonchev–Trinajstić information content (AvgIpc) is 3.19. The molecule has 0 aliphatic carbocycles. The summed E-state index contributed by atoms with van der Waals surface area (Å²) >= 11 is 0. The molecule has 0 atom stereocenters. The number of amides is 2. The topological polar surface area (TPSA) is 92.0 Å². The molecule has 1 aromatic heterocycles. The molecule has 2 aliphatic rings. The van der Waals surface area contributed by atoms with Gasteiger partial charge in [0, 0.05) is 32.1 Å². The standard InChI is InChI=1S/C17H24F3N5O4/c1-2-28-16(27)25-9-7-24(8-10-25)13(26)11-23-5-3-12(4-6-23)14-21-22-15(29-14)17(18,19)20/h12H,2-11H2,1H3. The molecule has 2 amide bonds. The predicted molar refractivity (Wildman–Crippen MR) is 92.9 cm³/mol. The molecule has 2 fully saturated rings. The Morgan fingerprint density at radius 1 is 1.07 bits per heavy atom. The van der Waals surface area contributed by atoms with Crippen molar-refractivity contribution in [2.75, 3.05) is 52.4 Å². The highest BCUT2D eigenvalue weighted by molar-refractivity contribution is 5.78. The molecule has 12 heteroatoms. The van der Waals surface area contributed by atoms with Crippen molar-refractivity contribution in [3.63, 3.8) is 0 Å². The highest BCUT2D eigenvalue weighted by Crippen LogP contribution is 2.32. The van der Waals surface area contributed by atoms with E-state index in [1.54, 1.807) is 16.7 Å². The van der Waals surface area contributed by atoms with Gasteiger partial charge in [-0.1, -0.05) is 0 Å². The summed E-state index contributed by atoms with van der Waals surface area (Å²) in [5, 5.41) is 6.60. The van der Waals surface area contributed by atoms with Crippen LogP contribution in [0.4, 0.5) is 18.0 Å². The van der Waals surface area contributed by atoms with Crippen LogP contribution in [0.25, 0.3) is 0 Å². The van der Waals surface area contributed by atoms with Crippen LogP contribution in [0.15, 0.2) is 4.42 Å². The number of halogens is 3. The first-order valence-corrected chi connectivity index (χ1v) is 9.60. The van der Waals surface area contributed by atoms with Gasteiger partial charge >= 0.3 is 18.2 Å². The molecular weight excluding hydrogens is 395 g/mol. The third-order valence-corrected chi connectivity index (χ3v) is 5.14. The molecule has 0 radical (unpaired) electrons. The summed E-state index contributed by atoms with van der Waals surface area (Å²) < 4.78 is 47.5. The number of hydrogen-bond donors (Lipinski definition) is 0. The van der Waals surface area contributed by atoms with E-state index in [4.69, 9.17) is 9.15 Å². The first-order valence-electron chi connectivity index (χ1n) is 9.60. The number of nitrogens with zero attached hydrogens (tertiary/aromatic N) is 5. The van der Waals surface area contributed by atoms with E-state index in [9.17, 15) is 22.8 Å². The molecule has 1 aromatic rings. The molecule has 3 heterocycles. The molecule has 0 saturated carbocycles. The van der Waals surface area contributed by atoms with E-state index in [2.05, 4.69) is 10.2 Å². The maximum absolute atomic E-state index is 12.6. The Morgan fingerprint density at radius 2 is 1.69 bits per heavy atom. The quantitative estimate of drug-likeness (QED) is 0.732. The van der Waals surface area contributed by atoms with Gasteiger partial charge in [-0.15, -0.1) is 10.2 Å². The van der Waals surface area contributed by atoms with Gasteiger partial charge in [0.1, 0.15) is 0 Å². The minimum atomic E-state index is -4.64. The monoisotopic (exact) mass is 419 g/mol. The first-order chi connectivity index (χ1) is 13.8. The van der Waals surface area contributed by atoms with Crippen LogP contribution >= 0.6 is 0 Å². The van der Waals surface area contributed by atoms with E-state index >= 15 is 0 Å². The second-order valence-corrected chi connectivity index (χ2v) is 7.06. The molecule has 3 rings (SSSR count). The first kappa shape index (κ1) is 21.3. The third kappa shape index (κ3) is 5.37. The molecule has 0 aromatic carbocycles. The summed E-state index contributed by atoms with van der Waals surface area (Å²) in [6, 6.07) is 0. The molecular formula is C17H24F3N5O4. The summed E-state index contributed by atoms with van der Waals surface area (Å²) in [7, 11) is 0. The number of carbonyl (C=O) groups is 2. The van der Waals surface area contributed by atoms with Crippen molar-refractivity contribution >= 4 is 12.0 Å². The van der Waals surface area contributed by atoms with Crippen LogP contribution in [0.1, 0.15) is 37.5 Å². The number of alkyl halides is 3. The van der Waals surface area contributed by atoms with E-state index in [0.29, 0.717) is 58.7 Å². The fraction of sp³-hybridized carbons (Fsp3) is 0.765. The Bertz CT molecular complexity index is 710. The smallest absolute Gasteiger partial charge is 0.450 e. The zero-order chi connectivity index (χ0) is 21.0. The largest absolute Gasteiger partial charge is 0.470 e. The summed E-state index contributed by atoms with van der Waals surface area (Å²) in [5.74, 6) is -1.59. The summed E-state index contributed by atoms with van der Waals surface area (Å²) in [6.07, 6.45) is -3.92. The predicted octanol–water partition coefficient (Wildman–Crippen LogP) is 1.57. The number of ether oxygens (including phenoxy) is 1. The maximum Gasteiger partial charge on any atom is 0.470 e. The van der Waals surface area contributed by atoms with Crippen LogP contribution < -0.4 is 0 Å². The van der Waals surface area contributed by atoms with Crippen molar-refractivity contribution < 1.29 is 31.9 Å². The van der Waals surface area contributed by atoms with E-state index in [1.165, 1.54) is 0 Å². The van der Waals surface area contributed by atoms with E-state index < -0.39 is 12.1 Å². The fourth-order valence-corrected chi connectivity index (χ4v) is 3.50. The van der Waals surface area contributed by atoms with Crippen LogP contribution in [0, 0.1) is 0 Å². The van der Waals surface area contributed by atoms with Gasteiger partial charge in [0.2, 0.25) is 11.8 Å². The highest BCUT2D eigenvalue weighted by Gasteiger charge is 2.39. The summed E-state index contributed by atoms with van der Waals surface area (Å²) in [6.45, 7) is 5.20. The lowest BCUT2D eigenvalue weighted by molar-refractivity contribution is -0.157. The molecule has 0 N–H and O–H groups in total. The van der Waals surface area contributed by atoms with Gasteiger partial charge in [0.15, 0.2) is 0 Å². The normalized spacial score (nSPS) is 19.4. The average molecular weight is 419 g/mol. The second kappa shape index (κ2) is 8.97. The molecule has 0 spiro atoms. The van der Waals surface area contributed by atoms with E-state index in [1.807, 2.05) is 4.90 Å². The van der Waals surface area contributed by atoms with Gasteiger partial charge in [-0.3, -0.25) is 9.69 Å². The van der Waals surface area contributed by atoms with Gasteiger partial charge < -0.3 is 19.0 Å². The molecule has 0 unspecified atom stereocenters. The van der Waals surface area contributed by atoms with Crippen molar-refractivity contribution in [2.45, 2.75) is 31.9 Å². The van der Waals surface area contributed by atoms with E-state index in [-0.39, 0.29) is 30.4 Å². The minimum absolute atomic E-state index is 0.00149. The Morgan fingerprint density at radius 3 is 2.24 bits per heavy atom. The van der Waals surface area contributed by atoms with Gasteiger partial charge in [0.25, 0.3) is 0 Å². The van der Waals surface area contributed by atoms with Gasteiger partial charge in [-0.25, -0.2) is 4.79 Å². The number of piperidine rings is 1. The maximum atomic E-state index is 12.6. The molecule has 162 valence electrons. The summed E-state index contributed by atoms with van der Waals surface area (Å²) in [5.41, 5.74) is 0. The molecule has 2 saturated heterocycles. The number of piperazine rings is 1. The van der Waals surface area contributed by atoms with Crippen LogP contribution in [-0.2, 0) is 15.7 Å². The molecule has 29 heavy (non-hydrogen) atoms. The Balaban J connectivity index is 1.42. The Hall–Kier alpha value is -2.37. The molecule has 2 aliphatic heterocycles. The highest BCUT2D eigenvalue weighted by atomic mass is 19.4. The van der Waals surface area contributed by atoms with Crippen LogP contribution in [0.2, 0.25) is 0 Å². The SMILES string of the molecule is CCOC(=O)N1CCN(C(=O)CN2CCC(c3nnc(C(F)(F)F)o3)CC2)CC1. The lowest BCUT2D eigenvalue weighted by Crippen LogP contribution is -2.53. The zero-order valence-corrected chi connectivity index (χ0v) is 16.2. The number of likely N-dealkylation sites (tertiary alicyclic amines) is 1. The Kier molecular flexibility index (Phi) is 6.60. The Labute approximate surface area is 165 Å². The van der Waals surface area contributed by atoms with E-state index in [0.717, 1.165) is 0 Å². The van der Waals surface area contributed by atoms with Crippen molar-refractivity contribution in [1.29, 1.82) is 0 Å². The second-order valence-electron chi connectivity index (χ2n) is 7.06. The van der Waals surface area contributed by atoms with Crippen LogP contribution in [-0.4, -0.2) is 89.3 Å². The minimum Gasteiger partial charge on any atom is -0.450 e. The van der Waals surface area contributed by atoms with Crippen molar-refractivity contribution in [1.82, 2.24) is 24.9 Å². The van der Waals surface area contributed by atoms with Gasteiger partial charge in [0.05, 0.1) is 13.2 Å². The zero-order valence-electron chi connectivity index (χ0n) is 16.2. The number of carbonyl (C=O) groups excluding carboxylic acids is 2. The van der Waals surface area contributed by atoms with Crippen molar-refractivity contribution in [2.24, 2.45) is 0 Å². The molecule has 0 bridgehead atoms. The number of hydrogen-bond acceptors (Lipinski definition) is 7. The van der Waals surface area contributed by atoms with Crippen molar-refractivity contribution in [3.8, 4) is 0 Å². The summed E-state index contributed by atoms with van der Waals surface area (Å²) in [4.78, 5) is 29.5.